The molecule has 0 saturated carbocycles. The predicted molar refractivity (Wildman–Crippen MR) is 106 cm³/mol. The number of halogens is 1. The number of nitrogens with zero attached hydrogens (tertiary/aromatic N) is 3. The molecule has 7 nitrogen and oxygen atoms in total. The molecule has 0 bridgehead atoms. The van der Waals surface area contributed by atoms with Gasteiger partial charge in [-0.2, -0.15) is 4.31 Å². The Kier molecular flexibility index (Phi) is 6.78. The Morgan fingerprint density at radius 3 is 2.52 bits per heavy atom. The van der Waals surface area contributed by atoms with Crippen molar-refractivity contribution in [1.29, 1.82) is 0 Å². The predicted octanol–water partition coefficient (Wildman–Crippen LogP) is 1.78. The molecule has 0 N–H and O–H groups in total. The van der Waals surface area contributed by atoms with E-state index < -0.39 is 10.0 Å². The number of hydrogen-bond acceptors (Lipinski definition) is 5. The van der Waals surface area contributed by atoms with Crippen LogP contribution in [0.2, 0.25) is 0 Å². The van der Waals surface area contributed by atoms with Gasteiger partial charge in [-0.15, -0.1) is 0 Å². The normalized spacial score (nSPS) is 19.9. The summed E-state index contributed by atoms with van der Waals surface area (Å²) in [5.41, 5.74) is 0. The van der Waals surface area contributed by atoms with Gasteiger partial charge < -0.3 is 9.64 Å². The number of rotatable bonds is 5. The number of methoxy groups -OCH3 is 1. The number of benzene rings is 1. The fourth-order valence-corrected chi connectivity index (χ4v) is 5.76. The molecule has 0 spiro atoms. The second-order valence-electron chi connectivity index (χ2n) is 6.92. The lowest BCUT2D eigenvalue weighted by Crippen LogP contribution is -2.41. The van der Waals surface area contributed by atoms with Crippen molar-refractivity contribution in [2.75, 3.05) is 52.9 Å². The number of likely N-dealkylation sites (tertiary alicyclic amines) is 1. The molecule has 0 aromatic heterocycles. The minimum Gasteiger partial charge on any atom is -0.495 e. The van der Waals surface area contributed by atoms with Crippen molar-refractivity contribution in [1.82, 2.24) is 14.1 Å². The first-order chi connectivity index (χ1) is 12.9. The Bertz CT molecular complexity index is 781. The van der Waals surface area contributed by atoms with Gasteiger partial charge in [0.25, 0.3) is 0 Å². The second kappa shape index (κ2) is 8.89. The van der Waals surface area contributed by atoms with E-state index in [0.29, 0.717) is 42.8 Å². The standard InChI is InChI=1S/C18H26BrN3O4S/c1-26-16-6-5-15(19)13-17(16)27(24,25)22-10-4-7-20(11-12-22)14-18(23)21-8-2-3-9-21/h5-6,13H,2-4,7-12,14H2,1H3. The maximum Gasteiger partial charge on any atom is 0.246 e. The minimum atomic E-state index is -3.66. The molecule has 0 atom stereocenters. The second-order valence-corrected chi connectivity index (χ2v) is 9.74. The van der Waals surface area contributed by atoms with E-state index in [1.54, 1.807) is 18.2 Å². The van der Waals surface area contributed by atoms with E-state index in [4.69, 9.17) is 4.74 Å². The van der Waals surface area contributed by atoms with Crippen LogP contribution in [0.1, 0.15) is 19.3 Å². The lowest BCUT2D eigenvalue weighted by atomic mass is 10.3. The van der Waals surface area contributed by atoms with Crippen molar-refractivity contribution in [3.8, 4) is 5.75 Å². The van der Waals surface area contributed by atoms with Crippen molar-refractivity contribution in [2.45, 2.75) is 24.2 Å². The fourth-order valence-electron chi connectivity index (χ4n) is 3.59. The molecular weight excluding hydrogens is 434 g/mol. The molecule has 2 aliphatic rings. The summed E-state index contributed by atoms with van der Waals surface area (Å²) in [5, 5.41) is 0. The number of amides is 1. The molecule has 27 heavy (non-hydrogen) atoms. The molecule has 9 heteroatoms. The Hall–Kier alpha value is -1.16. The van der Waals surface area contributed by atoms with Crippen LogP contribution in [-0.2, 0) is 14.8 Å². The molecule has 2 aliphatic heterocycles. The average molecular weight is 460 g/mol. The van der Waals surface area contributed by atoms with Gasteiger partial charge in [0.2, 0.25) is 15.9 Å². The highest BCUT2D eigenvalue weighted by molar-refractivity contribution is 9.10. The van der Waals surface area contributed by atoms with E-state index in [9.17, 15) is 13.2 Å². The largest absolute Gasteiger partial charge is 0.495 e. The van der Waals surface area contributed by atoms with E-state index >= 15 is 0 Å². The highest BCUT2D eigenvalue weighted by atomic mass is 79.9. The highest BCUT2D eigenvalue weighted by Crippen LogP contribution is 2.30. The molecule has 2 fully saturated rings. The molecule has 1 aromatic carbocycles. The summed E-state index contributed by atoms with van der Waals surface area (Å²) >= 11 is 3.34. The van der Waals surface area contributed by atoms with Crippen LogP contribution in [0.25, 0.3) is 0 Å². The zero-order chi connectivity index (χ0) is 19.4. The van der Waals surface area contributed by atoms with Crippen LogP contribution in [0.5, 0.6) is 5.75 Å². The Morgan fingerprint density at radius 2 is 1.81 bits per heavy atom. The quantitative estimate of drug-likeness (QED) is 0.670. The van der Waals surface area contributed by atoms with Gasteiger partial charge in [0, 0.05) is 37.2 Å². The van der Waals surface area contributed by atoms with Gasteiger partial charge >= 0.3 is 0 Å². The zero-order valence-electron chi connectivity index (χ0n) is 15.6. The molecular formula is C18H26BrN3O4S. The lowest BCUT2D eigenvalue weighted by Gasteiger charge is -2.24. The Labute approximate surface area is 169 Å². The van der Waals surface area contributed by atoms with Crippen molar-refractivity contribution in [2.24, 2.45) is 0 Å². The monoisotopic (exact) mass is 459 g/mol. The van der Waals surface area contributed by atoms with Gasteiger partial charge in [-0.1, -0.05) is 15.9 Å². The van der Waals surface area contributed by atoms with Gasteiger partial charge in [-0.05, 0) is 44.0 Å². The third-order valence-corrected chi connectivity index (χ3v) is 7.52. The average Bonchev–Trinajstić information content (AvgIpc) is 3.09. The van der Waals surface area contributed by atoms with Gasteiger partial charge in [-0.3, -0.25) is 9.69 Å². The van der Waals surface area contributed by atoms with E-state index in [2.05, 4.69) is 20.8 Å². The summed E-state index contributed by atoms with van der Waals surface area (Å²) in [6, 6.07) is 4.98. The summed E-state index contributed by atoms with van der Waals surface area (Å²) < 4.78 is 33.7. The van der Waals surface area contributed by atoms with E-state index in [1.807, 2.05) is 4.90 Å². The van der Waals surface area contributed by atoms with Crippen molar-refractivity contribution >= 4 is 31.9 Å². The number of carbonyl (C=O) groups excluding carboxylic acids is 1. The number of hydrogen-bond donors (Lipinski definition) is 0. The minimum absolute atomic E-state index is 0.150. The molecule has 150 valence electrons. The first-order valence-electron chi connectivity index (χ1n) is 9.25. The summed E-state index contributed by atoms with van der Waals surface area (Å²) in [7, 11) is -2.19. The van der Waals surface area contributed by atoms with Gasteiger partial charge in [0.15, 0.2) is 0 Å². The van der Waals surface area contributed by atoms with Crippen molar-refractivity contribution < 1.29 is 17.9 Å². The van der Waals surface area contributed by atoms with Crippen LogP contribution in [-0.4, -0.2) is 81.4 Å². The molecule has 0 aliphatic carbocycles. The van der Waals surface area contributed by atoms with Crippen LogP contribution in [0.3, 0.4) is 0 Å². The SMILES string of the molecule is COc1ccc(Br)cc1S(=O)(=O)N1CCCN(CC(=O)N2CCCC2)CC1. The third-order valence-electron chi connectivity index (χ3n) is 5.11. The summed E-state index contributed by atoms with van der Waals surface area (Å²) in [4.78, 5) is 16.5. The molecule has 2 saturated heterocycles. The highest BCUT2D eigenvalue weighted by Gasteiger charge is 2.30. The molecule has 1 aromatic rings. The lowest BCUT2D eigenvalue weighted by molar-refractivity contribution is -0.131. The smallest absolute Gasteiger partial charge is 0.246 e. The van der Waals surface area contributed by atoms with E-state index in [-0.39, 0.29) is 10.8 Å². The van der Waals surface area contributed by atoms with E-state index in [1.165, 1.54) is 11.4 Å². The molecule has 0 radical (unpaired) electrons. The summed E-state index contributed by atoms with van der Waals surface area (Å²) in [6.45, 7) is 4.13. The first-order valence-corrected chi connectivity index (χ1v) is 11.5. The molecule has 3 rings (SSSR count). The topological polar surface area (TPSA) is 70.2 Å². The Morgan fingerprint density at radius 1 is 1.07 bits per heavy atom. The van der Waals surface area contributed by atoms with Gasteiger partial charge in [0.1, 0.15) is 10.6 Å². The van der Waals surface area contributed by atoms with Crippen molar-refractivity contribution in [3.63, 3.8) is 0 Å². The summed E-state index contributed by atoms with van der Waals surface area (Å²) in [5.74, 6) is 0.487. The van der Waals surface area contributed by atoms with Crippen LogP contribution in [0.15, 0.2) is 27.6 Å². The summed E-state index contributed by atoms with van der Waals surface area (Å²) in [6.07, 6.45) is 2.85. The van der Waals surface area contributed by atoms with Crippen molar-refractivity contribution in [3.05, 3.63) is 22.7 Å². The first kappa shape index (κ1) is 20.6. The van der Waals surface area contributed by atoms with Crippen LogP contribution < -0.4 is 4.74 Å². The number of carbonyl (C=O) groups is 1. The maximum atomic E-state index is 13.1. The van der Waals surface area contributed by atoms with Gasteiger partial charge in [-0.25, -0.2) is 8.42 Å². The van der Waals surface area contributed by atoms with E-state index in [0.717, 1.165) is 32.5 Å². The number of ether oxygens (including phenoxy) is 1. The Balaban J connectivity index is 1.68. The molecule has 2 heterocycles. The van der Waals surface area contributed by atoms with Gasteiger partial charge in [0.05, 0.1) is 13.7 Å². The molecule has 0 unspecified atom stereocenters. The number of sulfonamides is 1. The van der Waals surface area contributed by atoms with Crippen LogP contribution in [0.4, 0.5) is 0 Å². The van der Waals surface area contributed by atoms with Crippen LogP contribution >= 0.6 is 15.9 Å². The fraction of sp³-hybridized carbons (Fsp3) is 0.611. The zero-order valence-corrected chi connectivity index (χ0v) is 18.0. The van der Waals surface area contributed by atoms with Crippen LogP contribution in [0, 0.1) is 0 Å². The molecule has 1 amide bonds. The third kappa shape index (κ3) is 4.82. The maximum absolute atomic E-state index is 13.1.